The summed E-state index contributed by atoms with van der Waals surface area (Å²) < 4.78 is 36.5. The predicted molar refractivity (Wildman–Crippen MR) is 67.3 cm³/mol. The van der Waals surface area contributed by atoms with E-state index in [0.717, 1.165) is 0 Å². The lowest BCUT2D eigenvalue weighted by Crippen LogP contribution is -2.22. The molecule has 0 aliphatic carbocycles. The number of thioether (sulfide) groups is 1. The van der Waals surface area contributed by atoms with Gasteiger partial charge in [-0.2, -0.15) is 18.4 Å². The second-order valence-electron chi connectivity index (χ2n) is 4.40. The summed E-state index contributed by atoms with van der Waals surface area (Å²) in [6, 6.07) is 7.48. The van der Waals surface area contributed by atoms with E-state index in [1.165, 1.54) is 24.3 Å². The first kappa shape index (κ1) is 15.9. The van der Waals surface area contributed by atoms with Crippen LogP contribution in [-0.2, 0) is 0 Å². The molecule has 1 aromatic carbocycles. The molecule has 2 atom stereocenters. The molecule has 0 aliphatic heterocycles. The summed E-state index contributed by atoms with van der Waals surface area (Å²) in [5.74, 6) is 0. The molecule has 19 heavy (non-hydrogen) atoms. The van der Waals surface area contributed by atoms with Crippen LogP contribution in [0.5, 0.6) is 0 Å². The first-order chi connectivity index (χ1) is 8.72. The van der Waals surface area contributed by atoms with Gasteiger partial charge in [0.05, 0.1) is 17.6 Å². The Kier molecular flexibility index (Phi) is 4.88. The zero-order valence-electron chi connectivity index (χ0n) is 10.5. The van der Waals surface area contributed by atoms with Gasteiger partial charge in [-0.05, 0) is 42.8 Å². The van der Waals surface area contributed by atoms with Gasteiger partial charge in [0, 0.05) is 4.90 Å². The summed E-state index contributed by atoms with van der Waals surface area (Å²) in [6.45, 7) is 3.40. The van der Waals surface area contributed by atoms with Crippen LogP contribution in [-0.4, -0.2) is 10.6 Å². The molecule has 0 amide bonds. The zero-order chi connectivity index (χ0) is 14.7. The van der Waals surface area contributed by atoms with Crippen molar-refractivity contribution in [1.82, 2.24) is 0 Å². The first-order valence-corrected chi connectivity index (χ1v) is 6.48. The van der Waals surface area contributed by atoms with Crippen molar-refractivity contribution in [3.63, 3.8) is 0 Å². The molecule has 0 heterocycles. The van der Waals surface area contributed by atoms with Crippen molar-refractivity contribution in [3.8, 4) is 6.07 Å². The lowest BCUT2D eigenvalue weighted by atomic mass is 9.80. The summed E-state index contributed by atoms with van der Waals surface area (Å²) in [7, 11) is 0. The van der Waals surface area contributed by atoms with Crippen LogP contribution in [0.2, 0.25) is 0 Å². The van der Waals surface area contributed by atoms with E-state index in [1.54, 1.807) is 13.8 Å². The Morgan fingerprint density at radius 3 is 2.21 bits per heavy atom. The number of nitrogens with zero attached hydrogens (tertiary/aromatic N) is 1. The molecule has 2 unspecified atom stereocenters. The van der Waals surface area contributed by atoms with Crippen molar-refractivity contribution < 1.29 is 18.3 Å². The molecule has 104 valence electrons. The number of hydrogen-bond acceptors (Lipinski definition) is 3. The van der Waals surface area contributed by atoms with E-state index < -0.39 is 17.0 Å². The normalized spacial score (nSPS) is 16.5. The predicted octanol–water partition coefficient (Wildman–Crippen LogP) is 4.27. The molecule has 2 nitrogen and oxygen atoms in total. The fourth-order valence-electron chi connectivity index (χ4n) is 1.55. The highest BCUT2D eigenvalue weighted by Crippen LogP contribution is 2.39. The van der Waals surface area contributed by atoms with Gasteiger partial charge in [0.2, 0.25) is 0 Å². The summed E-state index contributed by atoms with van der Waals surface area (Å²) in [5, 5.41) is 19.2. The SMILES string of the molecule is CCC(C)(C#N)C(O)c1ccc(SC(F)(F)F)cc1. The van der Waals surface area contributed by atoms with Crippen LogP contribution in [0.4, 0.5) is 13.2 Å². The Labute approximate surface area is 114 Å². The average molecular weight is 289 g/mol. The molecule has 0 bridgehead atoms. The molecular weight excluding hydrogens is 275 g/mol. The number of hydrogen-bond donors (Lipinski definition) is 1. The maximum atomic E-state index is 12.2. The summed E-state index contributed by atoms with van der Waals surface area (Å²) in [5.41, 5.74) is -4.83. The number of nitriles is 1. The van der Waals surface area contributed by atoms with Gasteiger partial charge in [-0.1, -0.05) is 19.1 Å². The second kappa shape index (κ2) is 5.85. The smallest absolute Gasteiger partial charge is 0.387 e. The average Bonchev–Trinajstić information content (AvgIpc) is 2.36. The molecule has 1 rings (SSSR count). The van der Waals surface area contributed by atoms with Gasteiger partial charge in [-0.3, -0.25) is 0 Å². The van der Waals surface area contributed by atoms with E-state index in [-0.39, 0.29) is 16.7 Å². The van der Waals surface area contributed by atoms with Crippen molar-refractivity contribution in [3.05, 3.63) is 29.8 Å². The largest absolute Gasteiger partial charge is 0.446 e. The van der Waals surface area contributed by atoms with Crippen molar-refractivity contribution in [1.29, 1.82) is 5.26 Å². The highest BCUT2D eigenvalue weighted by molar-refractivity contribution is 8.00. The molecule has 0 spiro atoms. The van der Waals surface area contributed by atoms with E-state index in [9.17, 15) is 18.3 Å². The molecule has 0 saturated heterocycles. The van der Waals surface area contributed by atoms with Crippen LogP contribution in [0, 0.1) is 16.7 Å². The number of benzene rings is 1. The third-order valence-corrected chi connectivity index (χ3v) is 3.76. The molecule has 0 fully saturated rings. The molecule has 0 aromatic heterocycles. The minimum atomic E-state index is -4.33. The molecule has 0 radical (unpaired) electrons. The minimum Gasteiger partial charge on any atom is -0.387 e. The second-order valence-corrected chi connectivity index (χ2v) is 5.54. The molecule has 0 saturated carbocycles. The third-order valence-electron chi connectivity index (χ3n) is 3.02. The van der Waals surface area contributed by atoms with Crippen LogP contribution in [0.25, 0.3) is 0 Å². The highest BCUT2D eigenvalue weighted by Gasteiger charge is 2.33. The van der Waals surface area contributed by atoms with Gasteiger partial charge in [-0.15, -0.1) is 0 Å². The minimum absolute atomic E-state index is 0.0543. The first-order valence-electron chi connectivity index (χ1n) is 5.67. The lowest BCUT2D eigenvalue weighted by molar-refractivity contribution is -0.0328. The quantitative estimate of drug-likeness (QED) is 0.842. The van der Waals surface area contributed by atoms with Crippen LogP contribution in [0.15, 0.2) is 29.2 Å². The van der Waals surface area contributed by atoms with Gasteiger partial charge < -0.3 is 5.11 Å². The Balaban J connectivity index is 2.91. The summed E-state index contributed by atoms with van der Waals surface area (Å²) in [6.07, 6.45) is -0.573. The maximum absolute atomic E-state index is 12.2. The number of aliphatic hydroxyl groups excluding tert-OH is 1. The third kappa shape index (κ3) is 4.15. The standard InChI is InChI=1S/C13H14F3NOS/c1-3-12(2,8-17)11(18)9-4-6-10(7-5-9)19-13(14,15)16/h4-7,11,18H,3H2,1-2H3. The summed E-state index contributed by atoms with van der Waals surface area (Å²) in [4.78, 5) is 0.0543. The Morgan fingerprint density at radius 1 is 1.32 bits per heavy atom. The molecule has 6 heteroatoms. The number of alkyl halides is 3. The van der Waals surface area contributed by atoms with E-state index in [0.29, 0.717) is 12.0 Å². The van der Waals surface area contributed by atoms with Gasteiger partial charge in [-0.25, -0.2) is 0 Å². The van der Waals surface area contributed by atoms with Gasteiger partial charge >= 0.3 is 5.51 Å². The van der Waals surface area contributed by atoms with Gasteiger partial charge in [0.1, 0.15) is 0 Å². The van der Waals surface area contributed by atoms with Crippen molar-refractivity contribution in [2.75, 3.05) is 0 Å². The van der Waals surface area contributed by atoms with Crippen molar-refractivity contribution in [2.45, 2.75) is 36.8 Å². The van der Waals surface area contributed by atoms with E-state index >= 15 is 0 Å². The lowest BCUT2D eigenvalue weighted by Gasteiger charge is -2.26. The van der Waals surface area contributed by atoms with Crippen LogP contribution in [0.1, 0.15) is 31.9 Å². The van der Waals surface area contributed by atoms with Crippen LogP contribution in [0.3, 0.4) is 0 Å². The zero-order valence-corrected chi connectivity index (χ0v) is 11.3. The Hall–Kier alpha value is -1.19. The highest BCUT2D eigenvalue weighted by atomic mass is 32.2. The molecule has 0 aliphatic rings. The van der Waals surface area contributed by atoms with Crippen LogP contribution >= 0.6 is 11.8 Å². The Morgan fingerprint density at radius 2 is 1.84 bits per heavy atom. The van der Waals surface area contributed by atoms with Crippen LogP contribution < -0.4 is 0 Å². The van der Waals surface area contributed by atoms with E-state index in [1.807, 2.05) is 6.07 Å². The molecule has 1 N–H and O–H groups in total. The topological polar surface area (TPSA) is 44.0 Å². The monoisotopic (exact) mass is 289 g/mol. The van der Waals surface area contributed by atoms with E-state index in [2.05, 4.69) is 0 Å². The van der Waals surface area contributed by atoms with Gasteiger partial charge in [0.15, 0.2) is 0 Å². The fourth-order valence-corrected chi connectivity index (χ4v) is 2.09. The fraction of sp³-hybridized carbons (Fsp3) is 0.462. The Bertz CT molecular complexity index is 466. The number of aliphatic hydroxyl groups is 1. The molecular formula is C13H14F3NOS. The molecule has 1 aromatic rings. The number of rotatable bonds is 4. The number of halogens is 3. The maximum Gasteiger partial charge on any atom is 0.446 e. The van der Waals surface area contributed by atoms with Gasteiger partial charge in [0.25, 0.3) is 0 Å². The van der Waals surface area contributed by atoms with Crippen molar-refractivity contribution in [2.24, 2.45) is 5.41 Å². The summed E-state index contributed by atoms with van der Waals surface area (Å²) >= 11 is -0.206. The van der Waals surface area contributed by atoms with E-state index in [4.69, 9.17) is 5.26 Å². The van der Waals surface area contributed by atoms with Crippen molar-refractivity contribution >= 4 is 11.8 Å².